The summed E-state index contributed by atoms with van der Waals surface area (Å²) < 4.78 is 16.9. The summed E-state index contributed by atoms with van der Waals surface area (Å²) in [5, 5.41) is 0. The molecule has 0 saturated carbocycles. The van der Waals surface area contributed by atoms with E-state index in [-0.39, 0.29) is 31.1 Å². The lowest BCUT2D eigenvalue weighted by molar-refractivity contribution is -0.167. The van der Waals surface area contributed by atoms with E-state index in [2.05, 4.69) is 142 Å². The van der Waals surface area contributed by atoms with Crippen LogP contribution in [0.1, 0.15) is 310 Å². The third-order valence-electron chi connectivity index (χ3n) is 14.2. The van der Waals surface area contributed by atoms with Crippen LogP contribution in [0, 0.1) is 0 Å². The monoisotopic (exact) mass is 1110 g/mol. The van der Waals surface area contributed by atoms with Gasteiger partial charge in [0.1, 0.15) is 13.2 Å². The summed E-state index contributed by atoms with van der Waals surface area (Å²) in [6.07, 6.45) is 93.6. The second kappa shape index (κ2) is 67.3. The highest BCUT2D eigenvalue weighted by Crippen LogP contribution is 2.16. The average Bonchev–Trinajstić information content (AvgIpc) is 3.46. The van der Waals surface area contributed by atoms with Crippen molar-refractivity contribution in [2.75, 3.05) is 13.2 Å². The molecule has 80 heavy (non-hydrogen) atoms. The second-order valence-corrected chi connectivity index (χ2v) is 22.0. The molecule has 0 bridgehead atoms. The number of ether oxygens (including phenoxy) is 3. The van der Waals surface area contributed by atoms with E-state index in [9.17, 15) is 14.4 Å². The van der Waals surface area contributed by atoms with Gasteiger partial charge in [-0.25, -0.2) is 0 Å². The molecule has 0 rings (SSSR count). The Morgan fingerprint density at radius 3 is 0.825 bits per heavy atom. The Hall–Kier alpha value is -4.19. The van der Waals surface area contributed by atoms with Crippen molar-refractivity contribution in [2.24, 2.45) is 0 Å². The largest absolute Gasteiger partial charge is 0.462 e. The lowest BCUT2D eigenvalue weighted by Gasteiger charge is -2.18. The van der Waals surface area contributed by atoms with Crippen LogP contribution in [0.2, 0.25) is 0 Å². The van der Waals surface area contributed by atoms with Gasteiger partial charge in [-0.15, -0.1) is 0 Å². The molecule has 1 atom stereocenters. The normalized spacial score (nSPS) is 12.9. The van der Waals surface area contributed by atoms with Crippen LogP contribution in [-0.2, 0) is 28.6 Å². The maximum atomic E-state index is 12.9. The zero-order valence-corrected chi connectivity index (χ0v) is 52.3. The Kier molecular flexibility index (Phi) is 63.8. The molecule has 0 radical (unpaired) electrons. The lowest BCUT2D eigenvalue weighted by Crippen LogP contribution is -2.30. The number of carbonyl (C=O) groups is 3. The summed E-state index contributed by atoms with van der Waals surface area (Å²) >= 11 is 0. The van der Waals surface area contributed by atoms with E-state index in [1.54, 1.807) is 0 Å². The van der Waals surface area contributed by atoms with Gasteiger partial charge in [-0.05, 0) is 128 Å². The number of allylic oxidation sites excluding steroid dienone is 20. The molecule has 0 amide bonds. The van der Waals surface area contributed by atoms with Crippen LogP contribution < -0.4 is 0 Å². The summed E-state index contributed by atoms with van der Waals surface area (Å²) in [7, 11) is 0. The van der Waals surface area contributed by atoms with Gasteiger partial charge < -0.3 is 14.2 Å². The van der Waals surface area contributed by atoms with Crippen molar-refractivity contribution in [3.8, 4) is 0 Å². The van der Waals surface area contributed by atoms with Crippen LogP contribution in [0.3, 0.4) is 0 Å². The lowest BCUT2D eigenvalue weighted by atomic mass is 10.0. The predicted molar refractivity (Wildman–Crippen MR) is 348 cm³/mol. The maximum absolute atomic E-state index is 12.9. The molecule has 0 saturated heterocycles. The molecule has 0 spiro atoms. The first-order valence-corrected chi connectivity index (χ1v) is 33.5. The standard InChI is InChI=1S/C74H124O6/c1-4-7-10-13-16-19-22-24-26-28-30-32-33-34-35-36-37-38-39-40-41-43-44-46-48-50-52-55-58-61-64-67-73(76)79-70-71(69-78-72(75)66-63-60-57-54-21-18-15-12-9-6-3)80-74(77)68-65-62-59-56-53-51-49-47-45-42-31-29-27-25-23-20-17-14-11-8-5-2/h7,10,12,15-16,19,23-26,29-32,34-35,37-38,45,47,71H,4-6,8-9,11,13-14,17-18,20-22,27-28,33,36,39-44,46,48-70H2,1-3H3/b10-7-,15-12-,19-16-,25-23-,26-24-,31-29-,32-30-,35-34-,38-37-,47-45-. The predicted octanol–water partition coefficient (Wildman–Crippen LogP) is 23.2. The summed E-state index contributed by atoms with van der Waals surface area (Å²) in [4.78, 5) is 38.3. The van der Waals surface area contributed by atoms with Gasteiger partial charge >= 0.3 is 17.9 Å². The Morgan fingerprint density at radius 2 is 0.512 bits per heavy atom. The van der Waals surface area contributed by atoms with Gasteiger partial charge in [0.15, 0.2) is 6.10 Å². The van der Waals surface area contributed by atoms with Crippen molar-refractivity contribution in [3.63, 3.8) is 0 Å². The van der Waals surface area contributed by atoms with Gasteiger partial charge in [0.25, 0.3) is 0 Å². The quantitative estimate of drug-likeness (QED) is 0.0261. The van der Waals surface area contributed by atoms with E-state index >= 15 is 0 Å². The fraction of sp³-hybridized carbons (Fsp3) is 0.689. The summed E-state index contributed by atoms with van der Waals surface area (Å²) in [6, 6.07) is 0. The third kappa shape index (κ3) is 64.6. The first-order chi connectivity index (χ1) is 39.5. The molecule has 0 aliphatic carbocycles. The molecule has 0 aliphatic heterocycles. The molecule has 1 unspecified atom stereocenters. The summed E-state index contributed by atoms with van der Waals surface area (Å²) in [5.74, 6) is -0.908. The minimum Gasteiger partial charge on any atom is -0.462 e. The van der Waals surface area contributed by atoms with E-state index in [0.717, 1.165) is 141 Å². The molecule has 6 nitrogen and oxygen atoms in total. The van der Waals surface area contributed by atoms with Gasteiger partial charge in [0, 0.05) is 19.3 Å². The minimum absolute atomic E-state index is 0.0879. The van der Waals surface area contributed by atoms with Gasteiger partial charge in [-0.3, -0.25) is 14.4 Å². The van der Waals surface area contributed by atoms with Crippen molar-refractivity contribution in [1.82, 2.24) is 0 Å². The molecule has 456 valence electrons. The van der Waals surface area contributed by atoms with Crippen molar-refractivity contribution in [3.05, 3.63) is 122 Å². The number of rotatable bonds is 60. The highest BCUT2D eigenvalue weighted by Gasteiger charge is 2.19. The van der Waals surface area contributed by atoms with E-state index in [1.807, 2.05) is 0 Å². The Bertz CT molecular complexity index is 1650. The fourth-order valence-corrected chi connectivity index (χ4v) is 9.16. The second-order valence-electron chi connectivity index (χ2n) is 22.0. The molecule has 0 aromatic rings. The smallest absolute Gasteiger partial charge is 0.306 e. The first-order valence-electron chi connectivity index (χ1n) is 33.5. The average molecular weight is 1110 g/mol. The van der Waals surface area contributed by atoms with Gasteiger partial charge in [0.2, 0.25) is 0 Å². The number of unbranched alkanes of at least 4 members (excludes halogenated alkanes) is 29. The highest BCUT2D eigenvalue weighted by atomic mass is 16.6. The van der Waals surface area contributed by atoms with Crippen LogP contribution in [0.4, 0.5) is 0 Å². The number of carbonyl (C=O) groups excluding carboxylic acids is 3. The SMILES string of the molecule is CC/C=C\C/C=C\C/C=C\C/C=C\C/C=C\C/C=C\CCCCCCCCCCCCCCC(=O)OCC(COC(=O)CCCCCCC/C=C\CCC)OC(=O)CCCCCCCC/C=C\C/C=C\C/C=C\CCCCCCC. The molecule has 0 fully saturated rings. The van der Waals surface area contributed by atoms with E-state index in [0.29, 0.717) is 19.3 Å². The number of hydrogen-bond acceptors (Lipinski definition) is 6. The zero-order chi connectivity index (χ0) is 57.8. The summed E-state index contributed by atoms with van der Waals surface area (Å²) in [6.45, 7) is 6.45. The number of hydrogen-bond donors (Lipinski definition) is 0. The third-order valence-corrected chi connectivity index (χ3v) is 14.2. The van der Waals surface area contributed by atoms with Crippen molar-refractivity contribution < 1.29 is 28.6 Å². The fourth-order valence-electron chi connectivity index (χ4n) is 9.16. The van der Waals surface area contributed by atoms with Crippen LogP contribution in [0.5, 0.6) is 0 Å². The Labute approximate surface area is 494 Å². The van der Waals surface area contributed by atoms with E-state index in [4.69, 9.17) is 14.2 Å². The number of esters is 3. The summed E-state index contributed by atoms with van der Waals surface area (Å²) in [5.41, 5.74) is 0. The van der Waals surface area contributed by atoms with Gasteiger partial charge in [0.05, 0.1) is 0 Å². The van der Waals surface area contributed by atoms with E-state index < -0.39 is 6.10 Å². The molecular weight excluding hydrogens is 985 g/mol. The molecule has 6 heteroatoms. The van der Waals surface area contributed by atoms with Crippen LogP contribution in [-0.4, -0.2) is 37.2 Å². The van der Waals surface area contributed by atoms with E-state index in [1.165, 1.54) is 128 Å². The van der Waals surface area contributed by atoms with Gasteiger partial charge in [-0.1, -0.05) is 284 Å². The molecule has 0 heterocycles. The molecule has 0 aromatic carbocycles. The van der Waals surface area contributed by atoms with Crippen molar-refractivity contribution in [1.29, 1.82) is 0 Å². The highest BCUT2D eigenvalue weighted by molar-refractivity contribution is 5.71. The van der Waals surface area contributed by atoms with Crippen LogP contribution in [0.25, 0.3) is 0 Å². The van der Waals surface area contributed by atoms with Crippen molar-refractivity contribution in [2.45, 2.75) is 316 Å². The molecule has 0 aromatic heterocycles. The maximum Gasteiger partial charge on any atom is 0.306 e. The minimum atomic E-state index is -0.792. The van der Waals surface area contributed by atoms with Crippen LogP contribution >= 0.6 is 0 Å². The van der Waals surface area contributed by atoms with Gasteiger partial charge in [-0.2, -0.15) is 0 Å². The first kappa shape index (κ1) is 75.8. The topological polar surface area (TPSA) is 78.9 Å². The van der Waals surface area contributed by atoms with Crippen molar-refractivity contribution >= 4 is 17.9 Å². The zero-order valence-electron chi connectivity index (χ0n) is 52.3. The molecule has 0 aliphatic rings. The molecular formula is C74H124O6. The Balaban J connectivity index is 4.23. The van der Waals surface area contributed by atoms with Crippen LogP contribution in [0.15, 0.2) is 122 Å². The molecule has 0 N–H and O–H groups in total. The Morgan fingerprint density at radius 1 is 0.263 bits per heavy atom.